The van der Waals surface area contributed by atoms with Crippen LogP contribution in [0.15, 0.2) is 0 Å². The van der Waals surface area contributed by atoms with Gasteiger partial charge in [-0.05, 0) is 50.4 Å². The summed E-state index contributed by atoms with van der Waals surface area (Å²) in [6.45, 7) is 15.9. The van der Waals surface area contributed by atoms with Crippen molar-refractivity contribution < 1.29 is 19.1 Å². The second kappa shape index (κ2) is 11.4. The molecule has 0 unspecified atom stereocenters. The van der Waals surface area contributed by atoms with Crippen LogP contribution in [0.2, 0.25) is 0 Å². The molecule has 1 aromatic heterocycles. The van der Waals surface area contributed by atoms with Gasteiger partial charge in [-0.3, -0.25) is 0 Å². The Kier molecular flexibility index (Phi) is 9.89. The number of esters is 2. The molecule has 1 N–H and O–H groups in total. The number of rotatable bonds is 9. The van der Waals surface area contributed by atoms with E-state index in [1.54, 1.807) is 20.8 Å². The van der Waals surface area contributed by atoms with Crippen LogP contribution >= 0.6 is 23.6 Å². The van der Waals surface area contributed by atoms with Gasteiger partial charge in [-0.15, -0.1) is 11.3 Å². The minimum Gasteiger partial charge on any atom is -0.462 e. The molecule has 6 nitrogen and oxygen atoms in total. The number of carbonyl (C=O) groups excluding carboxylic acids is 2. The van der Waals surface area contributed by atoms with Crippen LogP contribution in [0.3, 0.4) is 0 Å². The molecule has 0 spiro atoms. The molecule has 0 radical (unpaired) electrons. The third-order valence-corrected chi connectivity index (χ3v) is 5.31. The molecule has 1 rings (SSSR count). The number of nitrogens with zero attached hydrogens (tertiary/aromatic N) is 1. The first kappa shape index (κ1) is 24.4. The molecular weight excluding hydrogens is 396 g/mol. The van der Waals surface area contributed by atoms with Crippen molar-refractivity contribution in [2.75, 3.05) is 31.6 Å². The number of hydrogen-bond acceptors (Lipinski definition) is 6. The molecule has 0 saturated carbocycles. The Bertz CT molecular complexity index is 689. The molecule has 0 aromatic carbocycles. The molecule has 0 fully saturated rings. The van der Waals surface area contributed by atoms with Crippen LogP contribution in [0.4, 0.5) is 5.00 Å². The summed E-state index contributed by atoms with van der Waals surface area (Å²) < 4.78 is 10.3. The summed E-state index contributed by atoms with van der Waals surface area (Å²) in [6, 6.07) is 0. The Hall–Kier alpha value is -1.67. The van der Waals surface area contributed by atoms with Gasteiger partial charge in [0, 0.05) is 13.1 Å². The second-order valence-electron chi connectivity index (χ2n) is 7.32. The highest BCUT2D eigenvalue weighted by atomic mass is 32.1. The number of nitrogens with one attached hydrogen (secondary N) is 1. The Morgan fingerprint density at radius 1 is 1.04 bits per heavy atom. The largest absolute Gasteiger partial charge is 0.462 e. The summed E-state index contributed by atoms with van der Waals surface area (Å²) in [5, 5.41) is 4.23. The first-order chi connectivity index (χ1) is 13.1. The molecule has 0 aliphatic rings. The standard InChI is InChI=1S/C20H32N2O4S2/c1-8-25-18(23)15-14(7)16(19(24)26-9-2)28-17(15)21-20(27)22(10-12(3)4)11-13(5)6/h12-13H,8-11H2,1-7H3,(H,21,27). The van der Waals surface area contributed by atoms with Crippen LogP contribution in [0.1, 0.15) is 67.1 Å². The normalized spacial score (nSPS) is 10.9. The molecule has 0 saturated heterocycles. The van der Waals surface area contributed by atoms with Gasteiger partial charge in [0.25, 0.3) is 0 Å². The van der Waals surface area contributed by atoms with Crippen molar-refractivity contribution in [3.63, 3.8) is 0 Å². The quantitative estimate of drug-likeness (QED) is 0.451. The zero-order valence-corrected chi connectivity index (χ0v) is 19.5. The summed E-state index contributed by atoms with van der Waals surface area (Å²) in [4.78, 5) is 27.3. The highest BCUT2D eigenvalue weighted by Gasteiger charge is 2.27. The molecule has 0 aliphatic carbocycles. The predicted octanol–water partition coefficient (Wildman–Crippen LogP) is 4.72. The fourth-order valence-electron chi connectivity index (χ4n) is 2.74. The van der Waals surface area contributed by atoms with E-state index in [0.29, 0.717) is 38.0 Å². The first-order valence-corrected chi connectivity index (χ1v) is 10.9. The van der Waals surface area contributed by atoms with E-state index in [1.807, 2.05) is 0 Å². The Morgan fingerprint density at radius 2 is 1.54 bits per heavy atom. The van der Waals surface area contributed by atoms with Crippen molar-refractivity contribution in [3.8, 4) is 0 Å². The number of thiophene rings is 1. The van der Waals surface area contributed by atoms with Crippen molar-refractivity contribution in [3.05, 3.63) is 16.0 Å². The number of thiocarbonyl (C=S) groups is 1. The zero-order chi connectivity index (χ0) is 21.4. The summed E-state index contributed by atoms with van der Waals surface area (Å²) in [7, 11) is 0. The van der Waals surface area contributed by atoms with Gasteiger partial charge in [0.1, 0.15) is 9.88 Å². The fourth-order valence-corrected chi connectivity index (χ4v) is 4.14. The van der Waals surface area contributed by atoms with E-state index in [0.717, 1.165) is 13.1 Å². The topological polar surface area (TPSA) is 67.9 Å². The van der Waals surface area contributed by atoms with E-state index in [9.17, 15) is 9.59 Å². The van der Waals surface area contributed by atoms with Crippen LogP contribution in [0.25, 0.3) is 0 Å². The third-order valence-electron chi connectivity index (χ3n) is 3.77. The van der Waals surface area contributed by atoms with Crippen LogP contribution < -0.4 is 5.32 Å². The lowest BCUT2D eigenvalue weighted by molar-refractivity contribution is 0.0527. The molecule has 28 heavy (non-hydrogen) atoms. The zero-order valence-electron chi connectivity index (χ0n) is 17.9. The Labute approximate surface area is 177 Å². The van der Waals surface area contributed by atoms with Gasteiger partial charge in [0.05, 0.1) is 18.8 Å². The number of hydrogen-bond donors (Lipinski definition) is 1. The van der Waals surface area contributed by atoms with E-state index < -0.39 is 11.9 Å². The molecule has 0 aliphatic heterocycles. The van der Waals surface area contributed by atoms with E-state index in [4.69, 9.17) is 21.7 Å². The van der Waals surface area contributed by atoms with Crippen molar-refractivity contribution in [2.45, 2.75) is 48.5 Å². The van der Waals surface area contributed by atoms with Crippen molar-refractivity contribution >= 4 is 45.6 Å². The average Bonchev–Trinajstić information content (AvgIpc) is 2.90. The molecule has 0 amide bonds. The van der Waals surface area contributed by atoms with Crippen LogP contribution in [0.5, 0.6) is 0 Å². The molecule has 8 heteroatoms. The lowest BCUT2D eigenvalue weighted by Gasteiger charge is -2.29. The molecule has 1 aromatic rings. The number of ether oxygens (including phenoxy) is 2. The predicted molar refractivity (Wildman–Crippen MR) is 118 cm³/mol. The number of anilines is 1. The smallest absolute Gasteiger partial charge is 0.348 e. The average molecular weight is 429 g/mol. The minimum absolute atomic E-state index is 0.250. The minimum atomic E-state index is -0.476. The molecule has 0 atom stereocenters. The van der Waals surface area contributed by atoms with Crippen LogP contribution in [0, 0.1) is 18.8 Å². The molecule has 0 bridgehead atoms. The van der Waals surface area contributed by atoms with Crippen molar-refractivity contribution in [1.29, 1.82) is 0 Å². The van der Waals surface area contributed by atoms with Crippen LogP contribution in [-0.4, -0.2) is 48.3 Å². The number of carbonyl (C=O) groups is 2. The van der Waals surface area contributed by atoms with E-state index in [2.05, 4.69) is 37.9 Å². The lowest BCUT2D eigenvalue weighted by Crippen LogP contribution is -2.39. The second-order valence-corrected chi connectivity index (χ2v) is 8.73. The Morgan fingerprint density at radius 3 is 2.00 bits per heavy atom. The Balaban J connectivity index is 3.25. The SMILES string of the molecule is CCOC(=O)c1sc(NC(=S)N(CC(C)C)CC(C)C)c(C(=O)OCC)c1C. The summed E-state index contributed by atoms with van der Waals surface area (Å²) in [5.74, 6) is -0.0570. The van der Waals surface area contributed by atoms with Gasteiger partial charge in [-0.2, -0.15) is 0 Å². The highest BCUT2D eigenvalue weighted by molar-refractivity contribution is 7.80. The van der Waals surface area contributed by atoms with E-state index in [-0.39, 0.29) is 13.2 Å². The molecular formula is C20H32N2O4S2. The van der Waals surface area contributed by atoms with E-state index in [1.165, 1.54) is 11.3 Å². The first-order valence-electron chi connectivity index (χ1n) is 9.65. The summed E-state index contributed by atoms with van der Waals surface area (Å²) in [6.07, 6.45) is 0. The molecule has 158 valence electrons. The van der Waals surface area contributed by atoms with Gasteiger partial charge in [0.15, 0.2) is 5.11 Å². The van der Waals surface area contributed by atoms with Gasteiger partial charge < -0.3 is 19.7 Å². The summed E-state index contributed by atoms with van der Waals surface area (Å²) >= 11 is 6.80. The van der Waals surface area contributed by atoms with Crippen molar-refractivity contribution in [1.82, 2.24) is 4.90 Å². The van der Waals surface area contributed by atoms with Gasteiger partial charge in [0.2, 0.25) is 0 Å². The van der Waals surface area contributed by atoms with Crippen molar-refractivity contribution in [2.24, 2.45) is 11.8 Å². The highest BCUT2D eigenvalue weighted by Crippen LogP contribution is 2.34. The van der Waals surface area contributed by atoms with Crippen LogP contribution in [-0.2, 0) is 9.47 Å². The fraction of sp³-hybridized carbons (Fsp3) is 0.650. The van der Waals surface area contributed by atoms with E-state index >= 15 is 0 Å². The maximum Gasteiger partial charge on any atom is 0.348 e. The molecule has 1 heterocycles. The van der Waals surface area contributed by atoms with Gasteiger partial charge in [-0.25, -0.2) is 9.59 Å². The maximum absolute atomic E-state index is 12.5. The monoisotopic (exact) mass is 428 g/mol. The lowest BCUT2D eigenvalue weighted by atomic mass is 10.1. The third kappa shape index (κ3) is 6.74. The maximum atomic E-state index is 12.5. The summed E-state index contributed by atoms with van der Waals surface area (Å²) in [5.41, 5.74) is 0.887. The van der Waals surface area contributed by atoms with Gasteiger partial charge >= 0.3 is 11.9 Å². The van der Waals surface area contributed by atoms with Gasteiger partial charge in [-0.1, -0.05) is 27.7 Å².